The van der Waals surface area contributed by atoms with Gasteiger partial charge in [-0.1, -0.05) is 44.9 Å². The predicted molar refractivity (Wildman–Crippen MR) is 114 cm³/mol. The highest BCUT2D eigenvalue weighted by Gasteiger charge is 2.05. The highest BCUT2D eigenvalue weighted by atomic mass is 127. The molecule has 1 heterocycles. The van der Waals surface area contributed by atoms with Crippen LogP contribution in [-0.4, -0.2) is 17.0 Å². The molecule has 0 aliphatic carbocycles. The molecule has 24 heavy (non-hydrogen) atoms. The first kappa shape index (κ1) is 20.7. The van der Waals surface area contributed by atoms with Crippen molar-refractivity contribution in [2.24, 2.45) is 16.6 Å². The van der Waals surface area contributed by atoms with Gasteiger partial charge in [0.2, 0.25) is 0 Å². The van der Waals surface area contributed by atoms with Crippen LogP contribution in [0.4, 0.5) is 0 Å². The molecule has 1 aromatic carbocycles. The molecule has 0 saturated heterocycles. The van der Waals surface area contributed by atoms with Crippen molar-refractivity contribution in [3.63, 3.8) is 0 Å². The van der Waals surface area contributed by atoms with E-state index in [4.69, 9.17) is 5.73 Å². The van der Waals surface area contributed by atoms with E-state index in [2.05, 4.69) is 42.1 Å². The number of hydrogen-bond acceptors (Lipinski definition) is 2. The Morgan fingerprint density at radius 1 is 1.17 bits per heavy atom. The van der Waals surface area contributed by atoms with Gasteiger partial charge in [-0.2, -0.15) is 0 Å². The van der Waals surface area contributed by atoms with Crippen LogP contribution in [0.15, 0.2) is 41.5 Å². The van der Waals surface area contributed by atoms with Crippen LogP contribution >= 0.6 is 24.0 Å². The fourth-order valence-corrected chi connectivity index (χ4v) is 2.67. The summed E-state index contributed by atoms with van der Waals surface area (Å²) in [6.07, 6.45) is 5.41. The molecule has 0 spiro atoms. The Morgan fingerprint density at radius 2 is 1.92 bits per heavy atom. The predicted octanol–water partition coefficient (Wildman–Crippen LogP) is 4.47. The van der Waals surface area contributed by atoms with Crippen molar-refractivity contribution in [2.75, 3.05) is 0 Å². The summed E-state index contributed by atoms with van der Waals surface area (Å²) >= 11 is 0. The number of nitrogens with one attached hydrogen (secondary N) is 1. The molecule has 5 heteroatoms. The van der Waals surface area contributed by atoms with Gasteiger partial charge in [0.15, 0.2) is 5.96 Å². The number of nitrogens with zero attached hydrogens (tertiary/aromatic N) is 2. The van der Waals surface area contributed by atoms with Crippen molar-refractivity contribution in [1.82, 2.24) is 10.3 Å². The molecule has 0 fully saturated rings. The summed E-state index contributed by atoms with van der Waals surface area (Å²) in [6, 6.07) is 10.5. The third-order valence-corrected chi connectivity index (χ3v) is 3.97. The lowest BCUT2D eigenvalue weighted by Gasteiger charge is -2.15. The maximum Gasteiger partial charge on any atom is 0.189 e. The average molecular weight is 440 g/mol. The van der Waals surface area contributed by atoms with Crippen LogP contribution in [0.3, 0.4) is 0 Å². The Balaban J connectivity index is 0.00000288. The van der Waals surface area contributed by atoms with Crippen molar-refractivity contribution in [1.29, 1.82) is 0 Å². The van der Waals surface area contributed by atoms with E-state index in [1.54, 1.807) is 0 Å². The minimum atomic E-state index is 0. The van der Waals surface area contributed by atoms with Crippen molar-refractivity contribution in [2.45, 2.75) is 52.6 Å². The summed E-state index contributed by atoms with van der Waals surface area (Å²) in [5.41, 5.74) is 8.16. The Bertz CT molecular complexity index is 649. The molecule has 1 atom stereocenters. The molecule has 1 unspecified atom stereocenters. The lowest BCUT2D eigenvalue weighted by Crippen LogP contribution is -2.38. The van der Waals surface area contributed by atoms with Gasteiger partial charge in [0.25, 0.3) is 0 Å². The van der Waals surface area contributed by atoms with Crippen LogP contribution in [0, 0.1) is 5.92 Å². The fraction of sp³-hybridized carbons (Fsp3) is 0.474. The van der Waals surface area contributed by atoms with E-state index in [1.807, 2.05) is 30.5 Å². The highest BCUT2D eigenvalue weighted by molar-refractivity contribution is 14.0. The lowest BCUT2D eigenvalue weighted by atomic mass is 10.0. The normalized spacial score (nSPS) is 12.9. The second-order valence-electron chi connectivity index (χ2n) is 6.56. The van der Waals surface area contributed by atoms with Gasteiger partial charge in [0, 0.05) is 17.6 Å². The Labute approximate surface area is 162 Å². The molecule has 3 N–H and O–H groups in total. The van der Waals surface area contributed by atoms with Crippen molar-refractivity contribution < 1.29 is 0 Å². The zero-order valence-electron chi connectivity index (χ0n) is 14.8. The van der Waals surface area contributed by atoms with E-state index in [-0.39, 0.29) is 24.0 Å². The molecule has 0 radical (unpaired) electrons. The van der Waals surface area contributed by atoms with Crippen LogP contribution in [0.5, 0.6) is 0 Å². The van der Waals surface area contributed by atoms with Crippen LogP contribution in [0.1, 0.15) is 45.6 Å². The summed E-state index contributed by atoms with van der Waals surface area (Å²) in [7, 11) is 0. The van der Waals surface area contributed by atoms with Crippen LogP contribution in [0.25, 0.3) is 10.9 Å². The number of guanidine groups is 1. The lowest BCUT2D eigenvalue weighted by molar-refractivity contribution is 0.493. The maximum absolute atomic E-state index is 6.02. The molecule has 0 aliphatic rings. The van der Waals surface area contributed by atoms with Crippen LogP contribution in [-0.2, 0) is 6.54 Å². The Kier molecular flexibility index (Phi) is 9.03. The first-order chi connectivity index (χ1) is 11.1. The Hall–Kier alpha value is -1.37. The monoisotopic (exact) mass is 440 g/mol. The van der Waals surface area contributed by atoms with E-state index in [0.717, 1.165) is 28.8 Å². The first-order valence-corrected chi connectivity index (χ1v) is 8.45. The molecular formula is C19H29IN4. The largest absolute Gasteiger partial charge is 0.370 e. The number of para-hydroxylation sites is 1. The molecule has 0 amide bonds. The van der Waals surface area contributed by atoms with Crippen LogP contribution in [0.2, 0.25) is 0 Å². The van der Waals surface area contributed by atoms with Gasteiger partial charge in [-0.05, 0) is 37.0 Å². The molecule has 4 nitrogen and oxygen atoms in total. The molecule has 2 rings (SSSR count). The molecule has 132 valence electrons. The number of rotatable bonds is 7. The second-order valence-corrected chi connectivity index (χ2v) is 6.56. The number of aliphatic imine (C=N–C) groups is 1. The van der Waals surface area contributed by atoms with Gasteiger partial charge in [-0.25, -0.2) is 4.99 Å². The summed E-state index contributed by atoms with van der Waals surface area (Å²) in [5.74, 6) is 1.27. The third kappa shape index (κ3) is 6.63. The quantitative estimate of drug-likeness (QED) is 0.379. The molecule has 0 aliphatic heterocycles. The molecule has 1 aromatic heterocycles. The number of hydrogen-bond donors (Lipinski definition) is 2. The van der Waals surface area contributed by atoms with E-state index in [1.165, 1.54) is 12.8 Å². The van der Waals surface area contributed by atoms with E-state index in [9.17, 15) is 0 Å². The van der Waals surface area contributed by atoms with E-state index < -0.39 is 0 Å². The summed E-state index contributed by atoms with van der Waals surface area (Å²) in [4.78, 5) is 8.85. The maximum atomic E-state index is 6.02. The second kappa shape index (κ2) is 10.5. The van der Waals surface area contributed by atoms with Crippen molar-refractivity contribution in [3.8, 4) is 0 Å². The SMILES string of the molecule is CC(C)CCCC(C)NC(N)=NCc1ccnc2ccccc12.I. The average Bonchev–Trinajstić information content (AvgIpc) is 2.52. The third-order valence-electron chi connectivity index (χ3n) is 3.97. The highest BCUT2D eigenvalue weighted by Crippen LogP contribution is 2.16. The molecule has 0 bridgehead atoms. The van der Waals surface area contributed by atoms with Gasteiger partial charge >= 0.3 is 0 Å². The summed E-state index contributed by atoms with van der Waals surface area (Å²) in [5, 5.41) is 4.42. The van der Waals surface area contributed by atoms with Crippen LogP contribution < -0.4 is 11.1 Å². The number of halogens is 1. The van der Waals surface area contributed by atoms with E-state index >= 15 is 0 Å². The van der Waals surface area contributed by atoms with E-state index in [0.29, 0.717) is 18.5 Å². The van der Waals surface area contributed by atoms with Gasteiger partial charge in [-0.15, -0.1) is 24.0 Å². The number of nitrogens with two attached hydrogens (primary N) is 1. The number of pyridine rings is 1. The smallest absolute Gasteiger partial charge is 0.189 e. The zero-order valence-corrected chi connectivity index (χ0v) is 17.2. The minimum absolute atomic E-state index is 0. The van der Waals surface area contributed by atoms with Gasteiger partial charge in [-0.3, -0.25) is 4.98 Å². The molecule has 2 aromatic rings. The first-order valence-electron chi connectivity index (χ1n) is 8.45. The van der Waals surface area contributed by atoms with Gasteiger partial charge in [0.1, 0.15) is 0 Å². The van der Waals surface area contributed by atoms with Gasteiger partial charge in [0.05, 0.1) is 12.1 Å². The number of benzene rings is 1. The summed E-state index contributed by atoms with van der Waals surface area (Å²) in [6.45, 7) is 7.24. The molecule has 0 saturated carbocycles. The minimum Gasteiger partial charge on any atom is -0.370 e. The Morgan fingerprint density at radius 3 is 2.67 bits per heavy atom. The topological polar surface area (TPSA) is 63.3 Å². The van der Waals surface area contributed by atoms with Gasteiger partial charge < -0.3 is 11.1 Å². The van der Waals surface area contributed by atoms with Crippen molar-refractivity contribution in [3.05, 3.63) is 42.1 Å². The van der Waals surface area contributed by atoms with Crippen molar-refractivity contribution >= 4 is 40.8 Å². The zero-order chi connectivity index (χ0) is 16.7. The summed E-state index contributed by atoms with van der Waals surface area (Å²) < 4.78 is 0. The number of aromatic nitrogens is 1. The number of fused-ring (bicyclic) bond motifs is 1. The standard InChI is InChI=1S/C19H28N4.HI/c1-14(2)7-6-8-15(3)23-19(20)22-13-16-11-12-21-18-10-5-4-9-17(16)18;/h4-5,9-12,14-15H,6-8,13H2,1-3H3,(H3,20,22,23);1H. The fourth-order valence-electron chi connectivity index (χ4n) is 2.67. The molecular weight excluding hydrogens is 411 g/mol.